The average molecular weight is 222 g/mol. The van der Waals surface area contributed by atoms with Gasteiger partial charge in [0.05, 0.1) is 6.10 Å². The maximum atomic E-state index is 12.8. The number of benzene rings is 1. The summed E-state index contributed by atoms with van der Waals surface area (Å²) in [5, 5.41) is 10.0. The lowest BCUT2D eigenvalue weighted by atomic mass is 9.89. The van der Waals surface area contributed by atoms with Crippen LogP contribution in [0.25, 0.3) is 0 Å². The normalized spacial score (nSPS) is 14.8. The lowest BCUT2D eigenvalue weighted by molar-refractivity contribution is 0.134. The van der Waals surface area contributed by atoms with E-state index < -0.39 is 6.10 Å². The van der Waals surface area contributed by atoms with Gasteiger partial charge in [-0.1, -0.05) is 32.1 Å². The lowest BCUT2D eigenvalue weighted by Crippen LogP contribution is -2.18. The molecule has 0 heterocycles. The number of aliphatic hydroxyl groups is 1. The predicted octanol–water partition coefficient (Wildman–Crippen LogP) is 3.50. The first-order valence-electron chi connectivity index (χ1n) is 5.60. The van der Waals surface area contributed by atoms with Gasteiger partial charge >= 0.3 is 0 Å². The minimum Gasteiger partial charge on any atom is -0.392 e. The topological polar surface area (TPSA) is 20.2 Å². The monoisotopic (exact) mass is 222 g/mol. The van der Waals surface area contributed by atoms with Crippen LogP contribution in [-0.2, 0) is 0 Å². The van der Waals surface area contributed by atoms with E-state index in [9.17, 15) is 9.50 Å². The van der Waals surface area contributed by atoms with Gasteiger partial charge in [-0.2, -0.15) is 0 Å². The SMILES string of the molecule is C=CC(c1ccc(F)cc1)C(O)CC(C)C. The fraction of sp³-hybridized carbons (Fsp3) is 0.429. The van der Waals surface area contributed by atoms with Gasteiger partial charge in [-0.25, -0.2) is 4.39 Å². The maximum absolute atomic E-state index is 12.8. The van der Waals surface area contributed by atoms with E-state index in [2.05, 4.69) is 20.4 Å². The van der Waals surface area contributed by atoms with Crippen LogP contribution in [0.2, 0.25) is 0 Å². The first kappa shape index (κ1) is 12.9. The Balaban J connectivity index is 2.81. The van der Waals surface area contributed by atoms with Crippen molar-refractivity contribution in [1.29, 1.82) is 0 Å². The van der Waals surface area contributed by atoms with Crippen molar-refractivity contribution < 1.29 is 9.50 Å². The van der Waals surface area contributed by atoms with Gasteiger partial charge in [-0.05, 0) is 30.0 Å². The molecule has 1 N–H and O–H groups in total. The average Bonchev–Trinajstić information content (AvgIpc) is 2.21. The summed E-state index contributed by atoms with van der Waals surface area (Å²) in [5.74, 6) is 0.0470. The third-order valence-corrected chi connectivity index (χ3v) is 2.64. The highest BCUT2D eigenvalue weighted by atomic mass is 19.1. The second-order valence-electron chi connectivity index (χ2n) is 4.51. The number of hydrogen-bond acceptors (Lipinski definition) is 1. The van der Waals surface area contributed by atoms with Crippen LogP contribution in [0.15, 0.2) is 36.9 Å². The molecule has 2 unspecified atom stereocenters. The zero-order valence-electron chi connectivity index (χ0n) is 9.86. The molecule has 0 bridgehead atoms. The van der Waals surface area contributed by atoms with Crippen LogP contribution in [0.4, 0.5) is 4.39 Å². The first-order valence-corrected chi connectivity index (χ1v) is 5.60. The van der Waals surface area contributed by atoms with Gasteiger partial charge in [0.2, 0.25) is 0 Å². The van der Waals surface area contributed by atoms with Crippen molar-refractivity contribution in [3.05, 3.63) is 48.3 Å². The van der Waals surface area contributed by atoms with E-state index in [-0.39, 0.29) is 11.7 Å². The largest absolute Gasteiger partial charge is 0.392 e. The Hall–Kier alpha value is -1.15. The van der Waals surface area contributed by atoms with Crippen LogP contribution in [-0.4, -0.2) is 11.2 Å². The second-order valence-corrected chi connectivity index (χ2v) is 4.51. The minimum absolute atomic E-state index is 0.122. The molecule has 2 atom stereocenters. The summed E-state index contributed by atoms with van der Waals surface area (Å²) in [7, 11) is 0. The molecule has 0 spiro atoms. The summed E-state index contributed by atoms with van der Waals surface area (Å²) < 4.78 is 12.8. The molecular formula is C14H19FO. The number of aliphatic hydroxyl groups excluding tert-OH is 1. The molecule has 0 aliphatic heterocycles. The molecule has 0 radical (unpaired) electrons. The molecule has 0 aliphatic carbocycles. The zero-order valence-corrected chi connectivity index (χ0v) is 9.86. The first-order chi connectivity index (χ1) is 7.54. The van der Waals surface area contributed by atoms with Gasteiger partial charge in [-0.15, -0.1) is 6.58 Å². The van der Waals surface area contributed by atoms with E-state index in [0.717, 1.165) is 5.56 Å². The van der Waals surface area contributed by atoms with Crippen LogP contribution in [0.3, 0.4) is 0 Å². The van der Waals surface area contributed by atoms with Gasteiger partial charge in [0.1, 0.15) is 5.82 Å². The fourth-order valence-corrected chi connectivity index (χ4v) is 1.83. The summed E-state index contributed by atoms with van der Waals surface area (Å²) in [6.45, 7) is 7.86. The fourth-order valence-electron chi connectivity index (χ4n) is 1.83. The summed E-state index contributed by atoms with van der Waals surface area (Å²) in [6, 6.07) is 6.22. The molecule has 0 fully saturated rings. The number of halogens is 1. The molecule has 16 heavy (non-hydrogen) atoms. The molecule has 0 aromatic heterocycles. The van der Waals surface area contributed by atoms with Gasteiger partial charge in [0, 0.05) is 5.92 Å². The van der Waals surface area contributed by atoms with E-state index in [1.807, 2.05) is 0 Å². The Labute approximate surface area is 96.6 Å². The second kappa shape index (κ2) is 5.80. The Morgan fingerprint density at radius 1 is 1.31 bits per heavy atom. The van der Waals surface area contributed by atoms with Crippen LogP contribution < -0.4 is 0 Å². The molecule has 0 aliphatic rings. The van der Waals surface area contributed by atoms with E-state index in [0.29, 0.717) is 12.3 Å². The van der Waals surface area contributed by atoms with Crippen LogP contribution >= 0.6 is 0 Å². The van der Waals surface area contributed by atoms with Gasteiger partial charge < -0.3 is 5.11 Å². The molecule has 1 nitrogen and oxygen atoms in total. The van der Waals surface area contributed by atoms with Crippen molar-refractivity contribution in [1.82, 2.24) is 0 Å². The molecular weight excluding hydrogens is 203 g/mol. The van der Waals surface area contributed by atoms with Crippen molar-refractivity contribution in [3.8, 4) is 0 Å². The Morgan fingerprint density at radius 3 is 2.31 bits per heavy atom. The highest BCUT2D eigenvalue weighted by Crippen LogP contribution is 2.25. The maximum Gasteiger partial charge on any atom is 0.123 e. The molecule has 2 heteroatoms. The van der Waals surface area contributed by atoms with Gasteiger partial charge in [-0.3, -0.25) is 0 Å². The van der Waals surface area contributed by atoms with Crippen LogP contribution in [0, 0.1) is 11.7 Å². The van der Waals surface area contributed by atoms with Crippen molar-refractivity contribution in [3.63, 3.8) is 0 Å². The standard InChI is InChI=1S/C14H19FO/c1-4-13(14(16)9-10(2)3)11-5-7-12(15)8-6-11/h4-8,10,13-14,16H,1,9H2,2-3H3. The van der Waals surface area contributed by atoms with Crippen molar-refractivity contribution in [2.24, 2.45) is 5.92 Å². The Kier molecular flexibility index (Phi) is 4.69. The van der Waals surface area contributed by atoms with E-state index in [1.165, 1.54) is 12.1 Å². The van der Waals surface area contributed by atoms with E-state index >= 15 is 0 Å². The molecule has 88 valence electrons. The summed E-state index contributed by atoms with van der Waals surface area (Å²) in [6.07, 6.45) is 1.98. The van der Waals surface area contributed by atoms with Crippen molar-refractivity contribution in [2.75, 3.05) is 0 Å². The minimum atomic E-state index is -0.456. The number of rotatable bonds is 5. The summed E-state index contributed by atoms with van der Waals surface area (Å²) >= 11 is 0. The molecule has 1 aromatic rings. The third kappa shape index (κ3) is 3.46. The highest BCUT2D eigenvalue weighted by molar-refractivity contribution is 5.25. The van der Waals surface area contributed by atoms with Crippen molar-refractivity contribution in [2.45, 2.75) is 32.3 Å². The third-order valence-electron chi connectivity index (χ3n) is 2.64. The van der Waals surface area contributed by atoms with Gasteiger partial charge in [0.25, 0.3) is 0 Å². The van der Waals surface area contributed by atoms with E-state index in [4.69, 9.17) is 0 Å². The summed E-state index contributed by atoms with van der Waals surface area (Å²) in [5.41, 5.74) is 0.907. The van der Waals surface area contributed by atoms with E-state index in [1.54, 1.807) is 18.2 Å². The smallest absolute Gasteiger partial charge is 0.123 e. The molecule has 1 rings (SSSR count). The zero-order chi connectivity index (χ0) is 12.1. The van der Waals surface area contributed by atoms with Crippen LogP contribution in [0.1, 0.15) is 31.7 Å². The number of hydrogen-bond donors (Lipinski definition) is 1. The highest BCUT2D eigenvalue weighted by Gasteiger charge is 2.18. The predicted molar refractivity (Wildman–Crippen MR) is 64.8 cm³/mol. The molecule has 1 aromatic carbocycles. The lowest BCUT2D eigenvalue weighted by Gasteiger charge is -2.21. The van der Waals surface area contributed by atoms with Crippen molar-refractivity contribution >= 4 is 0 Å². The Morgan fingerprint density at radius 2 is 1.88 bits per heavy atom. The Bertz CT molecular complexity index is 329. The molecule has 0 saturated heterocycles. The quantitative estimate of drug-likeness (QED) is 0.756. The summed E-state index contributed by atoms with van der Waals surface area (Å²) in [4.78, 5) is 0. The molecule has 0 amide bonds. The molecule has 0 saturated carbocycles. The van der Waals surface area contributed by atoms with Crippen LogP contribution in [0.5, 0.6) is 0 Å². The van der Waals surface area contributed by atoms with Gasteiger partial charge in [0.15, 0.2) is 0 Å².